The van der Waals surface area contributed by atoms with E-state index in [0.717, 1.165) is 92.5 Å². The van der Waals surface area contributed by atoms with Gasteiger partial charge in [0.25, 0.3) is 23.6 Å². The predicted molar refractivity (Wildman–Crippen MR) is 227 cm³/mol. The van der Waals surface area contributed by atoms with Crippen LogP contribution in [0.15, 0.2) is 72.8 Å². The average Bonchev–Trinajstić information content (AvgIpc) is 3.51. The molecule has 8 rings (SSSR count). The molecule has 0 fully saturated rings. The van der Waals surface area contributed by atoms with Gasteiger partial charge in [-0.1, -0.05) is 47.6 Å². The topological polar surface area (TPSA) is 74.8 Å². The van der Waals surface area contributed by atoms with Crippen LogP contribution in [-0.4, -0.2) is 23.6 Å². The van der Waals surface area contributed by atoms with Crippen LogP contribution in [0.5, 0.6) is 0 Å². The average molecular weight is 741 g/mol. The number of anilines is 2. The highest BCUT2D eigenvalue weighted by Gasteiger charge is 2.41. The number of benzene rings is 4. The summed E-state index contributed by atoms with van der Waals surface area (Å²) in [4.78, 5) is 58.2. The Morgan fingerprint density at radius 2 is 0.821 bits per heavy atom. The fourth-order valence-electron chi connectivity index (χ4n) is 9.48. The number of amides is 4. The van der Waals surface area contributed by atoms with E-state index in [4.69, 9.17) is 0 Å². The Morgan fingerprint density at radius 3 is 1.12 bits per heavy atom. The third-order valence-electron chi connectivity index (χ3n) is 12.6. The van der Waals surface area contributed by atoms with Crippen LogP contribution in [0.25, 0.3) is 23.3 Å². The van der Waals surface area contributed by atoms with Gasteiger partial charge in [0, 0.05) is 0 Å². The molecule has 282 valence electrons. The molecule has 4 amide bonds. The maximum atomic E-state index is 13.9. The molecule has 4 aliphatic rings. The lowest BCUT2D eigenvalue weighted by molar-refractivity contribution is 0.0910. The molecule has 4 aromatic carbocycles. The van der Waals surface area contributed by atoms with Gasteiger partial charge in [0.1, 0.15) is 0 Å². The van der Waals surface area contributed by atoms with E-state index in [1.165, 1.54) is 20.9 Å². The van der Waals surface area contributed by atoms with Gasteiger partial charge in [-0.25, -0.2) is 9.80 Å². The number of hydrogen-bond acceptors (Lipinski definition) is 4. The number of hydrogen-bond donors (Lipinski definition) is 0. The molecule has 0 spiro atoms. The van der Waals surface area contributed by atoms with Crippen LogP contribution in [0, 0.1) is 39.5 Å². The highest BCUT2D eigenvalue weighted by Crippen LogP contribution is 2.42. The minimum atomic E-state index is -0.276. The third kappa shape index (κ3) is 5.85. The fourth-order valence-corrected chi connectivity index (χ4v) is 9.48. The molecule has 2 aliphatic carbocycles. The van der Waals surface area contributed by atoms with Crippen LogP contribution in [0.2, 0.25) is 0 Å². The first-order chi connectivity index (χ1) is 26.5. The molecule has 0 aromatic heterocycles. The molecular weight excluding hydrogens is 693 g/mol. The number of fused-ring (bicyclic) bond motifs is 4. The van der Waals surface area contributed by atoms with Crippen molar-refractivity contribution in [3.05, 3.63) is 151 Å². The van der Waals surface area contributed by atoms with Gasteiger partial charge in [-0.05, 0) is 197 Å². The normalized spacial score (nSPS) is 18.4. The zero-order valence-electron chi connectivity index (χ0n) is 33.7. The predicted octanol–water partition coefficient (Wildman–Crippen LogP) is 11.2. The summed E-state index contributed by atoms with van der Waals surface area (Å²) in [6.45, 7) is 24.1. The lowest BCUT2D eigenvalue weighted by atomic mass is 9.76. The zero-order chi connectivity index (χ0) is 40.1. The van der Waals surface area contributed by atoms with E-state index in [1.807, 2.05) is 90.1 Å². The van der Waals surface area contributed by atoms with Gasteiger partial charge in [-0.3, -0.25) is 19.2 Å². The first-order valence-electron chi connectivity index (χ1n) is 19.6. The summed E-state index contributed by atoms with van der Waals surface area (Å²) in [5, 5.41) is 0. The van der Waals surface area contributed by atoms with Crippen molar-refractivity contribution in [2.75, 3.05) is 9.80 Å². The van der Waals surface area contributed by atoms with Crippen molar-refractivity contribution in [1.82, 2.24) is 0 Å². The summed E-state index contributed by atoms with van der Waals surface area (Å²) in [5.74, 6) is -0.496. The summed E-state index contributed by atoms with van der Waals surface area (Å²) < 4.78 is 0. The minimum Gasteiger partial charge on any atom is -0.268 e. The molecule has 0 bridgehead atoms. The maximum Gasteiger partial charge on any atom is 0.266 e. The number of aryl methyl sites for hydroxylation is 4. The van der Waals surface area contributed by atoms with Gasteiger partial charge >= 0.3 is 0 Å². The molecule has 4 aromatic rings. The minimum absolute atomic E-state index is 0.271. The van der Waals surface area contributed by atoms with Crippen molar-refractivity contribution >= 4 is 58.3 Å². The van der Waals surface area contributed by atoms with Gasteiger partial charge in [-0.15, -0.1) is 0 Å². The van der Waals surface area contributed by atoms with Crippen molar-refractivity contribution in [3.63, 3.8) is 0 Å². The highest BCUT2D eigenvalue weighted by molar-refractivity contribution is 6.36. The molecule has 2 heterocycles. The Balaban J connectivity index is 0.993. The van der Waals surface area contributed by atoms with Crippen molar-refractivity contribution in [2.24, 2.45) is 11.8 Å². The standard InChI is InChI=1S/C50H48N2O4/c1-25(2)35-15-29(7)45(30(8)16-35)51-47(53)41-21-37-13-27(5)33(19-39(37)23-43(41)49(51)55)11-12-34-20-40-24-44-42(22-38(40)14-28(34)6)48(54)52(50(44)56)46-31(9)17-36(26(3)4)18-32(46)10/h13-18,21-24,33-34H,1,3,11-12,19-20H2,2,4-10H3/t33-,34?/m0/s1. The van der Waals surface area contributed by atoms with Crippen molar-refractivity contribution < 1.29 is 19.2 Å². The monoisotopic (exact) mass is 740 g/mol. The van der Waals surface area contributed by atoms with Gasteiger partial charge < -0.3 is 0 Å². The SMILES string of the molecule is C=C(C)c1cc(C)c(N2C(=O)c3cc4c(cc3C2=O)CC(CC[C@H]2Cc3cc5c(cc3C=C2C)C(=O)N(c2c(C)cc(C(=C)C)cc2C)C5=O)C(C)=C4)c(C)c1. The molecule has 6 heteroatoms. The lowest BCUT2D eigenvalue weighted by Gasteiger charge is -2.29. The Labute approximate surface area is 329 Å². The van der Waals surface area contributed by atoms with Crippen molar-refractivity contribution in [3.8, 4) is 0 Å². The van der Waals surface area contributed by atoms with E-state index in [0.29, 0.717) is 45.5 Å². The Morgan fingerprint density at radius 1 is 0.518 bits per heavy atom. The van der Waals surface area contributed by atoms with Gasteiger partial charge in [0.05, 0.1) is 33.6 Å². The van der Waals surface area contributed by atoms with Crippen molar-refractivity contribution in [1.29, 1.82) is 0 Å². The molecule has 56 heavy (non-hydrogen) atoms. The van der Waals surface area contributed by atoms with Gasteiger partial charge in [0.15, 0.2) is 0 Å². The molecule has 2 atom stereocenters. The number of allylic oxidation sites excluding steroid dienone is 4. The van der Waals surface area contributed by atoms with Crippen LogP contribution in [0.4, 0.5) is 11.4 Å². The van der Waals surface area contributed by atoms with Crippen LogP contribution in [0.1, 0.15) is 138 Å². The Bertz CT molecular complexity index is 2370. The van der Waals surface area contributed by atoms with E-state index in [1.54, 1.807) is 0 Å². The number of nitrogens with zero attached hydrogens (tertiary/aromatic N) is 2. The van der Waals surface area contributed by atoms with Crippen LogP contribution < -0.4 is 9.80 Å². The largest absolute Gasteiger partial charge is 0.268 e. The van der Waals surface area contributed by atoms with E-state index in [9.17, 15) is 19.2 Å². The molecule has 0 saturated carbocycles. The molecule has 6 nitrogen and oxygen atoms in total. The summed E-state index contributed by atoms with van der Waals surface area (Å²) >= 11 is 0. The summed E-state index contributed by atoms with van der Waals surface area (Å²) in [5.41, 5.74) is 17.3. The number of carbonyl (C=O) groups excluding carboxylic acids is 4. The van der Waals surface area contributed by atoms with Gasteiger partial charge in [-0.2, -0.15) is 0 Å². The lowest BCUT2D eigenvalue weighted by Crippen LogP contribution is -2.30. The molecular formula is C50H48N2O4. The first kappa shape index (κ1) is 37.1. The maximum absolute atomic E-state index is 13.9. The Kier molecular flexibility index (Phi) is 8.87. The molecule has 0 N–H and O–H groups in total. The molecule has 0 saturated heterocycles. The Hall–Kier alpha value is -5.88. The second-order valence-corrected chi connectivity index (χ2v) is 16.7. The number of carbonyl (C=O) groups is 4. The van der Waals surface area contributed by atoms with Crippen LogP contribution in [0.3, 0.4) is 0 Å². The summed E-state index contributed by atoms with van der Waals surface area (Å²) in [6, 6.07) is 15.7. The zero-order valence-corrected chi connectivity index (χ0v) is 33.7. The number of rotatable bonds is 7. The van der Waals surface area contributed by atoms with Crippen LogP contribution in [-0.2, 0) is 12.8 Å². The molecule has 2 aliphatic heterocycles. The van der Waals surface area contributed by atoms with E-state index >= 15 is 0 Å². The van der Waals surface area contributed by atoms with Gasteiger partial charge in [0.2, 0.25) is 0 Å². The second-order valence-electron chi connectivity index (χ2n) is 16.7. The molecule has 0 radical (unpaired) electrons. The fraction of sp³-hybridized carbons (Fsp3) is 0.280. The summed E-state index contributed by atoms with van der Waals surface area (Å²) in [6.07, 6.45) is 7.91. The quantitative estimate of drug-likeness (QED) is 0.177. The first-order valence-corrected chi connectivity index (χ1v) is 19.6. The summed E-state index contributed by atoms with van der Waals surface area (Å²) in [7, 11) is 0. The highest BCUT2D eigenvalue weighted by atomic mass is 16.2. The van der Waals surface area contributed by atoms with Crippen LogP contribution >= 0.6 is 0 Å². The number of imide groups is 2. The third-order valence-corrected chi connectivity index (χ3v) is 12.6. The van der Waals surface area contributed by atoms with E-state index < -0.39 is 0 Å². The molecule has 1 unspecified atom stereocenters. The van der Waals surface area contributed by atoms with Crippen molar-refractivity contribution in [2.45, 2.75) is 81.1 Å². The van der Waals surface area contributed by atoms with E-state index in [-0.39, 0.29) is 23.6 Å². The second kappa shape index (κ2) is 13.4. The van der Waals surface area contributed by atoms with E-state index in [2.05, 4.69) is 39.2 Å². The smallest absolute Gasteiger partial charge is 0.266 e.